The number of esters is 1. The largest absolute Gasteiger partial charge is 0.452 e. The van der Waals surface area contributed by atoms with Crippen molar-refractivity contribution in [2.24, 2.45) is 0 Å². The van der Waals surface area contributed by atoms with Crippen LogP contribution in [0.15, 0.2) is 42.5 Å². The second kappa shape index (κ2) is 7.77. The highest BCUT2D eigenvalue weighted by Gasteiger charge is 2.11. The van der Waals surface area contributed by atoms with E-state index in [0.29, 0.717) is 17.2 Å². The molecule has 0 aromatic heterocycles. The van der Waals surface area contributed by atoms with E-state index >= 15 is 0 Å². The number of hydrogen-bond acceptors (Lipinski definition) is 3. The highest BCUT2D eigenvalue weighted by Crippen LogP contribution is 2.16. The quantitative estimate of drug-likeness (QED) is 0.837. The van der Waals surface area contributed by atoms with Gasteiger partial charge in [-0.1, -0.05) is 32.0 Å². The van der Waals surface area contributed by atoms with E-state index in [4.69, 9.17) is 4.74 Å². The van der Waals surface area contributed by atoms with E-state index in [0.717, 1.165) is 16.7 Å². The molecule has 0 saturated heterocycles. The number of rotatable bonds is 5. The van der Waals surface area contributed by atoms with Crippen LogP contribution in [0.2, 0.25) is 0 Å². The molecule has 0 heterocycles. The first-order valence-electron chi connectivity index (χ1n) is 8.01. The van der Waals surface area contributed by atoms with Crippen LogP contribution in [0.4, 0.5) is 5.69 Å². The SMILES string of the molecule is Cc1ccc(NC(=O)COC(=O)c2ccc(C(C)C)cc2)cc1C. The maximum atomic E-state index is 12.0. The van der Waals surface area contributed by atoms with Crippen molar-refractivity contribution in [2.75, 3.05) is 11.9 Å². The lowest BCUT2D eigenvalue weighted by Gasteiger charge is -2.09. The summed E-state index contributed by atoms with van der Waals surface area (Å²) >= 11 is 0. The standard InChI is InChI=1S/C20H23NO3/c1-13(2)16-6-8-17(9-7-16)20(23)24-12-19(22)21-18-10-5-14(3)15(4)11-18/h5-11,13H,12H2,1-4H3,(H,21,22). The van der Waals surface area contributed by atoms with Crippen molar-refractivity contribution in [3.63, 3.8) is 0 Å². The van der Waals surface area contributed by atoms with Crippen LogP contribution in [0.3, 0.4) is 0 Å². The molecule has 0 aliphatic heterocycles. The molecule has 0 radical (unpaired) electrons. The Balaban J connectivity index is 1.88. The number of amides is 1. The average molecular weight is 325 g/mol. The van der Waals surface area contributed by atoms with E-state index in [1.807, 2.05) is 44.2 Å². The summed E-state index contributed by atoms with van der Waals surface area (Å²) in [6, 6.07) is 12.9. The van der Waals surface area contributed by atoms with Crippen molar-refractivity contribution in [3.05, 3.63) is 64.7 Å². The molecule has 0 fully saturated rings. The van der Waals surface area contributed by atoms with Crippen LogP contribution in [0.25, 0.3) is 0 Å². The van der Waals surface area contributed by atoms with Gasteiger partial charge in [-0.15, -0.1) is 0 Å². The third-order valence-electron chi connectivity index (χ3n) is 3.94. The van der Waals surface area contributed by atoms with Crippen LogP contribution >= 0.6 is 0 Å². The molecule has 24 heavy (non-hydrogen) atoms. The summed E-state index contributed by atoms with van der Waals surface area (Å²) < 4.78 is 5.07. The topological polar surface area (TPSA) is 55.4 Å². The molecule has 1 amide bonds. The lowest BCUT2D eigenvalue weighted by Crippen LogP contribution is -2.21. The van der Waals surface area contributed by atoms with E-state index in [1.165, 1.54) is 0 Å². The van der Waals surface area contributed by atoms with Crippen LogP contribution in [0.5, 0.6) is 0 Å². The zero-order valence-corrected chi connectivity index (χ0v) is 14.6. The monoisotopic (exact) mass is 325 g/mol. The summed E-state index contributed by atoms with van der Waals surface area (Å²) in [6.45, 7) is 7.85. The second-order valence-electron chi connectivity index (χ2n) is 6.20. The minimum absolute atomic E-state index is 0.308. The Labute approximate surface area is 142 Å². The summed E-state index contributed by atoms with van der Waals surface area (Å²) in [7, 11) is 0. The Bertz CT molecular complexity index is 733. The van der Waals surface area contributed by atoms with E-state index in [1.54, 1.807) is 12.1 Å². The summed E-state index contributed by atoms with van der Waals surface area (Å²) in [6.07, 6.45) is 0. The van der Waals surface area contributed by atoms with E-state index < -0.39 is 5.97 Å². The highest BCUT2D eigenvalue weighted by molar-refractivity contribution is 5.95. The fraction of sp³-hybridized carbons (Fsp3) is 0.300. The second-order valence-corrected chi connectivity index (χ2v) is 6.20. The average Bonchev–Trinajstić information content (AvgIpc) is 2.56. The van der Waals surface area contributed by atoms with Crippen molar-refractivity contribution in [2.45, 2.75) is 33.6 Å². The Morgan fingerprint density at radius 1 is 1.00 bits per heavy atom. The lowest BCUT2D eigenvalue weighted by molar-refractivity contribution is -0.119. The number of benzene rings is 2. The fourth-order valence-electron chi connectivity index (χ4n) is 2.23. The number of nitrogens with one attached hydrogen (secondary N) is 1. The Morgan fingerprint density at radius 3 is 2.25 bits per heavy atom. The van der Waals surface area contributed by atoms with Gasteiger partial charge < -0.3 is 10.1 Å². The fourth-order valence-corrected chi connectivity index (χ4v) is 2.23. The molecule has 0 spiro atoms. The van der Waals surface area contributed by atoms with Gasteiger partial charge in [-0.2, -0.15) is 0 Å². The maximum absolute atomic E-state index is 12.0. The van der Waals surface area contributed by atoms with Crippen molar-refractivity contribution in [1.82, 2.24) is 0 Å². The smallest absolute Gasteiger partial charge is 0.338 e. The normalized spacial score (nSPS) is 10.5. The maximum Gasteiger partial charge on any atom is 0.338 e. The molecule has 4 heteroatoms. The molecule has 2 aromatic rings. The molecule has 2 rings (SSSR count). The van der Waals surface area contributed by atoms with Crippen molar-refractivity contribution < 1.29 is 14.3 Å². The molecule has 0 aliphatic rings. The van der Waals surface area contributed by atoms with Gasteiger partial charge >= 0.3 is 5.97 Å². The molecule has 1 N–H and O–H groups in total. The number of anilines is 1. The summed E-state index contributed by atoms with van der Waals surface area (Å²) in [5.41, 5.74) is 4.54. The molecule has 2 aromatic carbocycles. The van der Waals surface area contributed by atoms with Crippen LogP contribution in [0.1, 0.15) is 46.8 Å². The van der Waals surface area contributed by atoms with Crippen molar-refractivity contribution >= 4 is 17.6 Å². The van der Waals surface area contributed by atoms with Gasteiger partial charge in [0.25, 0.3) is 5.91 Å². The van der Waals surface area contributed by atoms with E-state index in [-0.39, 0.29) is 12.5 Å². The third-order valence-corrected chi connectivity index (χ3v) is 3.94. The van der Waals surface area contributed by atoms with E-state index in [9.17, 15) is 9.59 Å². The van der Waals surface area contributed by atoms with Crippen LogP contribution in [-0.4, -0.2) is 18.5 Å². The van der Waals surface area contributed by atoms with Gasteiger partial charge in [0.2, 0.25) is 0 Å². The Morgan fingerprint density at radius 2 is 1.67 bits per heavy atom. The number of carbonyl (C=O) groups excluding carboxylic acids is 2. The number of carbonyl (C=O) groups is 2. The molecule has 0 atom stereocenters. The Kier molecular flexibility index (Phi) is 5.74. The number of hydrogen-bond donors (Lipinski definition) is 1. The third kappa shape index (κ3) is 4.69. The zero-order valence-electron chi connectivity index (χ0n) is 14.6. The summed E-state index contributed by atoms with van der Waals surface area (Å²) in [5, 5.41) is 2.72. The van der Waals surface area contributed by atoms with Gasteiger partial charge in [0, 0.05) is 5.69 Å². The van der Waals surface area contributed by atoms with Gasteiger partial charge in [0.05, 0.1) is 5.56 Å². The molecular formula is C20H23NO3. The molecule has 126 valence electrons. The molecule has 0 aliphatic carbocycles. The van der Waals surface area contributed by atoms with Crippen molar-refractivity contribution in [1.29, 1.82) is 0 Å². The van der Waals surface area contributed by atoms with Crippen LogP contribution in [0, 0.1) is 13.8 Å². The van der Waals surface area contributed by atoms with E-state index in [2.05, 4.69) is 19.2 Å². The lowest BCUT2D eigenvalue weighted by atomic mass is 10.0. The van der Waals surface area contributed by atoms with Crippen LogP contribution in [-0.2, 0) is 9.53 Å². The van der Waals surface area contributed by atoms with Crippen LogP contribution < -0.4 is 5.32 Å². The zero-order chi connectivity index (χ0) is 17.7. The number of aryl methyl sites for hydroxylation is 2. The van der Waals surface area contributed by atoms with Gasteiger partial charge in [-0.3, -0.25) is 4.79 Å². The number of ether oxygens (including phenoxy) is 1. The minimum atomic E-state index is -0.499. The first kappa shape index (κ1) is 17.7. The Hall–Kier alpha value is -2.62. The first-order chi connectivity index (χ1) is 11.4. The van der Waals surface area contributed by atoms with Gasteiger partial charge in [-0.25, -0.2) is 4.79 Å². The summed E-state index contributed by atoms with van der Waals surface area (Å²) in [5.74, 6) is -0.454. The highest BCUT2D eigenvalue weighted by atomic mass is 16.5. The van der Waals surface area contributed by atoms with Gasteiger partial charge in [0.15, 0.2) is 6.61 Å². The minimum Gasteiger partial charge on any atom is -0.452 e. The molecular weight excluding hydrogens is 302 g/mol. The van der Waals surface area contributed by atoms with Gasteiger partial charge in [-0.05, 0) is 60.7 Å². The van der Waals surface area contributed by atoms with Crippen molar-refractivity contribution in [3.8, 4) is 0 Å². The first-order valence-corrected chi connectivity index (χ1v) is 8.01. The molecule has 0 unspecified atom stereocenters. The predicted octanol–water partition coefficient (Wildman–Crippen LogP) is 4.22. The van der Waals surface area contributed by atoms with Gasteiger partial charge in [0.1, 0.15) is 0 Å². The predicted molar refractivity (Wildman–Crippen MR) is 95.4 cm³/mol. The summed E-state index contributed by atoms with van der Waals surface area (Å²) in [4.78, 5) is 23.9. The molecule has 4 nitrogen and oxygen atoms in total. The molecule has 0 bridgehead atoms. The molecule has 0 saturated carbocycles.